The first-order valence-corrected chi connectivity index (χ1v) is 9.86. The number of para-hydroxylation sites is 1. The Labute approximate surface area is 152 Å². The van der Waals surface area contributed by atoms with Gasteiger partial charge in [0.15, 0.2) is 0 Å². The fraction of sp³-hybridized carbons (Fsp3) is 0.667. The third-order valence-electron chi connectivity index (χ3n) is 4.50. The van der Waals surface area contributed by atoms with E-state index in [9.17, 15) is 9.90 Å². The van der Waals surface area contributed by atoms with E-state index in [1.165, 1.54) is 44.9 Å². The first-order chi connectivity index (χ1) is 12.2. The molecule has 0 heterocycles. The maximum atomic E-state index is 12.1. The molecule has 1 amide bonds. The van der Waals surface area contributed by atoms with Crippen LogP contribution in [0.5, 0.6) is 0 Å². The number of aliphatic hydroxyl groups excluding tert-OH is 2. The van der Waals surface area contributed by atoms with Crippen LogP contribution in [-0.2, 0) is 4.79 Å². The van der Waals surface area contributed by atoms with Crippen molar-refractivity contribution in [2.45, 2.75) is 83.7 Å². The quantitative estimate of drug-likeness (QED) is 0.416. The molecule has 1 aromatic rings. The molecule has 0 aliphatic carbocycles. The summed E-state index contributed by atoms with van der Waals surface area (Å²) >= 11 is 0. The summed E-state index contributed by atoms with van der Waals surface area (Å²) in [7, 11) is 0. The molecule has 0 saturated carbocycles. The van der Waals surface area contributed by atoms with Gasteiger partial charge in [-0.2, -0.15) is 0 Å². The fourth-order valence-corrected chi connectivity index (χ4v) is 2.99. The van der Waals surface area contributed by atoms with Gasteiger partial charge in [0.25, 0.3) is 0 Å². The van der Waals surface area contributed by atoms with Crippen LogP contribution in [0.15, 0.2) is 24.3 Å². The molecule has 4 heteroatoms. The molecule has 25 heavy (non-hydrogen) atoms. The molecule has 0 aromatic heterocycles. The number of aliphatic hydroxyl groups is 2. The summed E-state index contributed by atoms with van der Waals surface area (Å²) in [6, 6.07) is 7.24. The highest BCUT2D eigenvalue weighted by Crippen LogP contribution is 2.25. The Morgan fingerprint density at radius 1 is 1.00 bits per heavy atom. The maximum absolute atomic E-state index is 12.1. The van der Waals surface area contributed by atoms with E-state index in [2.05, 4.69) is 12.2 Å². The van der Waals surface area contributed by atoms with Crippen LogP contribution in [0.3, 0.4) is 0 Å². The van der Waals surface area contributed by atoms with Gasteiger partial charge in [-0.25, -0.2) is 0 Å². The molecule has 1 aromatic carbocycles. The molecular formula is C21H35NO3. The Balaban J connectivity index is 2.22. The van der Waals surface area contributed by atoms with Gasteiger partial charge in [0.1, 0.15) is 0 Å². The number of anilines is 1. The van der Waals surface area contributed by atoms with E-state index < -0.39 is 6.10 Å². The van der Waals surface area contributed by atoms with Crippen LogP contribution in [0.2, 0.25) is 0 Å². The number of benzene rings is 1. The molecule has 1 rings (SSSR count). The summed E-state index contributed by atoms with van der Waals surface area (Å²) in [5, 5.41) is 21.9. The molecule has 0 saturated heterocycles. The average Bonchev–Trinajstić information content (AvgIpc) is 2.61. The molecule has 0 fully saturated rings. The number of carbonyl (C=O) groups excluding carboxylic acids is 1. The van der Waals surface area contributed by atoms with Crippen molar-refractivity contribution in [1.29, 1.82) is 0 Å². The van der Waals surface area contributed by atoms with Crippen LogP contribution in [0.25, 0.3) is 0 Å². The molecule has 142 valence electrons. The van der Waals surface area contributed by atoms with Gasteiger partial charge in [-0.1, -0.05) is 76.5 Å². The van der Waals surface area contributed by atoms with E-state index >= 15 is 0 Å². The molecule has 3 N–H and O–H groups in total. The zero-order chi connectivity index (χ0) is 18.3. The first-order valence-electron chi connectivity index (χ1n) is 9.86. The van der Waals surface area contributed by atoms with Crippen LogP contribution < -0.4 is 5.32 Å². The van der Waals surface area contributed by atoms with Crippen LogP contribution >= 0.6 is 0 Å². The highest BCUT2D eigenvalue weighted by Gasteiger charge is 2.13. The minimum Gasteiger partial charge on any atom is -0.396 e. The number of amides is 1. The topological polar surface area (TPSA) is 69.6 Å². The lowest BCUT2D eigenvalue weighted by atomic mass is 10.0. The normalized spacial score (nSPS) is 12.1. The molecule has 1 atom stereocenters. The number of hydrogen-bond acceptors (Lipinski definition) is 3. The lowest BCUT2D eigenvalue weighted by Gasteiger charge is -2.15. The van der Waals surface area contributed by atoms with E-state index in [4.69, 9.17) is 5.11 Å². The van der Waals surface area contributed by atoms with Crippen molar-refractivity contribution >= 4 is 11.6 Å². The van der Waals surface area contributed by atoms with Gasteiger partial charge in [0.05, 0.1) is 6.10 Å². The predicted octanol–water partition coefficient (Wildman–Crippen LogP) is 4.96. The zero-order valence-corrected chi connectivity index (χ0v) is 15.7. The van der Waals surface area contributed by atoms with Crippen LogP contribution in [0.4, 0.5) is 5.69 Å². The second-order valence-electron chi connectivity index (χ2n) is 6.74. The molecule has 0 aliphatic rings. The van der Waals surface area contributed by atoms with Crippen molar-refractivity contribution in [2.75, 3.05) is 11.9 Å². The van der Waals surface area contributed by atoms with Gasteiger partial charge in [-0.05, 0) is 12.5 Å². The van der Waals surface area contributed by atoms with E-state index in [0.29, 0.717) is 17.7 Å². The lowest BCUT2D eigenvalue weighted by molar-refractivity contribution is -0.116. The van der Waals surface area contributed by atoms with Crippen LogP contribution in [0.1, 0.15) is 89.2 Å². The molecule has 1 unspecified atom stereocenters. The Morgan fingerprint density at radius 2 is 1.60 bits per heavy atom. The van der Waals surface area contributed by atoms with E-state index in [1.54, 1.807) is 12.1 Å². The summed E-state index contributed by atoms with van der Waals surface area (Å²) in [6.07, 6.45) is 11.1. The summed E-state index contributed by atoms with van der Waals surface area (Å²) in [4.78, 5) is 12.1. The second-order valence-corrected chi connectivity index (χ2v) is 6.74. The third-order valence-corrected chi connectivity index (χ3v) is 4.50. The van der Waals surface area contributed by atoms with Gasteiger partial charge >= 0.3 is 0 Å². The van der Waals surface area contributed by atoms with Crippen molar-refractivity contribution in [3.8, 4) is 0 Å². The van der Waals surface area contributed by atoms with Gasteiger partial charge in [0.2, 0.25) is 5.91 Å². The smallest absolute Gasteiger partial charge is 0.224 e. The fourth-order valence-electron chi connectivity index (χ4n) is 2.99. The van der Waals surface area contributed by atoms with Gasteiger partial charge < -0.3 is 15.5 Å². The number of unbranched alkanes of at least 4 members (excludes halogenated alkanes) is 8. The highest BCUT2D eigenvalue weighted by molar-refractivity contribution is 5.91. The molecular weight excluding hydrogens is 314 g/mol. The standard InChI is InChI=1S/C21H35NO3/c1-2-3-4-5-6-7-8-9-10-15-21(25)22-19-14-12-11-13-18(19)20(24)16-17-23/h11-14,20,23-24H,2-10,15-17H2,1H3,(H,22,25). The molecule has 0 radical (unpaired) electrons. The van der Waals surface area contributed by atoms with Crippen molar-refractivity contribution in [2.24, 2.45) is 0 Å². The minimum atomic E-state index is -0.755. The van der Waals surface area contributed by atoms with Crippen LogP contribution in [-0.4, -0.2) is 22.7 Å². The van der Waals surface area contributed by atoms with Gasteiger partial charge in [-0.15, -0.1) is 0 Å². The average molecular weight is 350 g/mol. The minimum absolute atomic E-state index is 0.00778. The zero-order valence-electron chi connectivity index (χ0n) is 15.7. The monoisotopic (exact) mass is 349 g/mol. The predicted molar refractivity (Wildman–Crippen MR) is 104 cm³/mol. The number of carbonyl (C=O) groups is 1. The number of rotatable bonds is 14. The van der Waals surface area contributed by atoms with E-state index in [0.717, 1.165) is 12.8 Å². The summed E-state index contributed by atoms with van der Waals surface area (Å²) in [5.74, 6) is -0.00778. The summed E-state index contributed by atoms with van der Waals surface area (Å²) < 4.78 is 0. The Morgan fingerprint density at radius 3 is 2.24 bits per heavy atom. The molecule has 4 nitrogen and oxygen atoms in total. The summed E-state index contributed by atoms with van der Waals surface area (Å²) in [5.41, 5.74) is 1.31. The van der Waals surface area contributed by atoms with E-state index in [-0.39, 0.29) is 18.9 Å². The first kappa shape index (κ1) is 21.7. The number of nitrogens with one attached hydrogen (secondary N) is 1. The molecule has 0 aliphatic heterocycles. The van der Waals surface area contributed by atoms with Crippen molar-refractivity contribution in [3.05, 3.63) is 29.8 Å². The highest BCUT2D eigenvalue weighted by atomic mass is 16.3. The van der Waals surface area contributed by atoms with E-state index in [1.807, 2.05) is 12.1 Å². The van der Waals surface area contributed by atoms with Crippen molar-refractivity contribution in [3.63, 3.8) is 0 Å². The second kappa shape index (κ2) is 13.9. The van der Waals surface area contributed by atoms with Crippen molar-refractivity contribution in [1.82, 2.24) is 0 Å². The van der Waals surface area contributed by atoms with Crippen LogP contribution in [0, 0.1) is 0 Å². The van der Waals surface area contributed by atoms with Gasteiger partial charge in [0, 0.05) is 30.7 Å². The lowest BCUT2D eigenvalue weighted by Crippen LogP contribution is -2.14. The van der Waals surface area contributed by atoms with Gasteiger partial charge in [-0.3, -0.25) is 4.79 Å². The SMILES string of the molecule is CCCCCCCCCCCC(=O)Nc1ccccc1C(O)CCO. The molecule has 0 spiro atoms. The Hall–Kier alpha value is -1.39. The largest absolute Gasteiger partial charge is 0.396 e. The number of hydrogen-bond donors (Lipinski definition) is 3. The Kier molecular flexibility index (Phi) is 12.0. The third kappa shape index (κ3) is 9.61. The maximum Gasteiger partial charge on any atom is 0.224 e. The summed E-state index contributed by atoms with van der Waals surface area (Å²) in [6.45, 7) is 2.15. The van der Waals surface area contributed by atoms with Crippen molar-refractivity contribution < 1.29 is 15.0 Å². The Bertz CT molecular complexity index is 476. The molecule has 0 bridgehead atoms.